The molecule has 0 spiro atoms. The minimum Gasteiger partial charge on any atom is -0.482 e. The van der Waals surface area contributed by atoms with E-state index in [0.717, 1.165) is 5.56 Å². The first-order chi connectivity index (χ1) is 11.6. The minimum absolute atomic E-state index is 0. The number of rotatable bonds is 7. The molecule has 0 unspecified atom stereocenters. The minimum atomic E-state index is -0.436. The summed E-state index contributed by atoms with van der Waals surface area (Å²) in [7, 11) is 0. The summed E-state index contributed by atoms with van der Waals surface area (Å²) in [4.78, 5) is 23.3. The van der Waals surface area contributed by atoms with E-state index in [0.29, 0.717) is 28.5 Å². The molecule has 1 aromatic carbocycles. The molecule has 8 heteroatoms. The number of thiophene rings is 1. The molecule has 0 fully saturated rings. The van der Waals surface area contributed by atoms with Gasteiger partial charge in [-0.1, -0.05) is 12.1 Å². The molecule has 0 amide bonds. The van der Waals surface area contributed by atoms with Crippen LogP contribution in [-0.4, -0.2) is 31.8 Å². The Bertz CT molecular complexity index is 714. The lowest BCUT2D eigenvalue weighted by atomic mass is 10.0. The molecule has 0 saturated carbocycles. The predicted octanol–water partition coefficient (Wildman–Crippen LogP) is 3.54. The largest absolute Gasteiger partial charge is 0.482 e. The van der Waals surface area contributed by atoms with Gasteiger partial charge < -0.3 is 19.9 Å². The van der Waals surface area contributed by atoms with Crippen molar-refractivity contribution in [3.8, 4) is 16.9 Å². The fourth-order valence-electron chi connectivity index (χ4n) is 2.07. The van der Waals surface area contributed by atoms with E-state index in [4.69, 9.17) is 19.9 Å². The number of benzene rings is 1. The molecule has 0 aliphatic rings. The van der Waals surface area contributed by atoms with Gasteiger partial charge in [-0.3, -0.25) is 0 Å². The van der Waals surface area contributed by atoms with Crippen LogP contribution in [0.5, 0.6) is 5.75 Å². The lowest BCUT2D eigenvalue weighted by Crippen LogP contribution is -2.14. The molecule has 2 aromatic rings. The normalized spacial score (nSPS) is 9.84. The van der Waals surface area contributed by atoms with Gasteiger partial charge in [-0.25, -0.2) is 9.59 Å². The van der Waals surface area contributed by atoms with Crippen LogP contribution in [0.3, 0.4) is 0 Å². The number of carbonyl (C=O) groups excluding carboxylic acids is 2. The van der Waals surface area contributed by atoms with Crippen molar-refractivity contribution in [3.63, 3.8) is 0 Å². The second kappa shape index (κ2) is 9.90. The van der Waals surface area contributed by atoms with Crippen molar-refractivity contribution in [1.82, 2.24) is 0 Å². The first-order valence-electron chi connectivity index (χ1n) is 7.49. The van der Waals surface area contributed by atoms with Gasteiger partial charge in [0, 0.05) is 10.9 Å². The second-order valence-electron chi connectivity index (χ2n) is 4.73. The van der Waals surface area contributed by atoms with Gasteiger partial charge in [-0.2, -0.15) is 0 Å². The van der Waals surface area contributed by atoms with Crippen LogP contribution in [0.1, 0.15) is 24.2 Å². The highest BCUT2D eigenvalue weighted by atomic mass is 35.5. The zero-order valence-electron chi connectivity index (χ0n) is 13.9. The van der Waals surface area contributed by atoms with Crippen molar-refractivity contribution in [2.24, 2.45) is 0 Å². The fourth-order valence-corrected chi connectivity index (χ4v) is 2.88. The van der Waals surface area contributed by atoms with Crippen LogP contribution < -0.4 is 10.5 Å². The van der Waals surface area contributed by atoms with Crippen LogP contribution in [0.4, 0.5) is 5.00 Å². The summed E-state index contributed by atoms with van der Waals surface area (Å²) < 4.78 is 15.2. The Kier molecular flexibility index (Phi) is 8.24. The molecule has 136 valence electrons. The first-order valence-corrected chi connectivity index (χ1v) is 8.37. The number of ether oxygens (including phenoxy) is 3. The third-order valence-electron chi connectivity index (χ3n) is 3.13. The van der Waals surface area contributed by atoms with Crippen LogP contribution >= 0.6 is 23.7 Å². The number of anilines is 1. The zero-order chi connectivity index (χ0) is 17.5. The van der Waals surface area contributed by atoms with Crippen LogP contribution in [0, 0.1) is 0 Å². The number of esters is 2. The van der Waals surface area contributed by atoms with Crippen molar-refractivity contribution in [2.45, 2.75) is 13.8 Å². The highest BCUT2D eigenvalue weighted by molar-refractivity contribution is 7.14. The molecular weight excluding hydrogens is 366 g/mol. The molecule has 6 nitrogen and oxygen atoms in total. The predicted molar refractivity (Wildman–Crippen MR) is 99.5 cm³/mol. The highest BCUT2D eigenvalue weighted by Gasteiger charge is 2.19. The van der Waals surface area contributed by atoms with E-state index in [-0.39, 0.29) is 25.6 Å². The zero-order valence-corrected chi connectivity index (χ0v) is 15.6. The van der Waals surface area contributed by atoms with E-state index in [9.17, 15) is 9.59 Å². The van der Waals surface area contributed by atoms with Gasteiger partial charge in [0.1, 0.15) is 16.3 Å². The summed E-state index contributed by atoms with van der Waals surface area (Å²) in [5, 5.41) is 2.24. The Hall–Kier alpha value is -2.25. The second-order valence-corrected chi connectivity index (χ2v) is 5.64. The number of halogens is 1. The Morgan fingerprint density at radius 1 is 1.08 bits per heavy atom. The molecule has 2 N–H and O–H groups in total. The van der Waals surface area contributed by atoms with Gasteiger partial charge in [0.15, 0.2) is 6.61 Å². The summed E-state index contributed by atoms with van der Waals surface area (Å²) >= 11 is 1.29. The van der Waals surface area contributed by atoms with E-state index in [1.807, 2.05) is 5.38 Å². The van der Waals surface area contributed by atoms with Crippen molar-refractivity contribution in [3.05, 3.63) is 35.2 Å². The number of nitrogen functional groups attached to an aromatic ring is 1. The van der Waals surface area contributed by atoms with Crippen molar-refractivity contribution in [2.75, 3.05) is 25.6 Å². The maximum atomic E-state index is 12.1. The van der Waals surface area contributed by atoms with E-state index in [2.05, 4.69) is 0 Å². The molecule has 0 atom stereocenters. The van der Waals surface area contributed by atoms with Gasteiger partial charge in [0.25, 0.3) is 0 Å². The lowest BCUT2D eigenvalue weighted by Gasteiger charge is -2.08. The molecule has 25 heavy (non-hydrogen) atoms. The summed E-state index contributed by atoms with van der Waals surface area (Å²) in [6, 6.07) is 7.03. The van der Waals surface area contributed by atoms with Crippen molar-refractivity contribution < 1.29 is 23.8 Å². The summed E-state index contributed by atoms with van der Waals surface area (Å²) in [5.74, 6) is -0.321. The summed E-state index contributed by atoms with van der Waals surface area (Å²) in [6.07, 6.45) is 0. The molecule has 0 aliphatic carbocycles. The molecular formula is C17H20ClNO5S. The smallest absolute Gasteiger partial charge is 0.344 e. The van der Waals surface area contributed by atoms with E-state index < -0.39 is 11.9 Å². The molecule has 0 aliphatic heterocycles. The maximum Gasteiger partial charge on any atom is 0.344 e. The van der Waals surface area contributed by atoms with Crippen LogP contribution in [-0.2, 0) is 14.3 Å². The van der Waals surface area contributed by atoms with Gasteiger partial charge >= 0.3 is 11.9 Å². The third-order valence-corrected chi connectivity index (χ3v) is 3.94. The Morgan fingerprint density at radius 3 is 2.32 bits per heavy atom. The number of nitrogens with two attached hydrogens (primary N) is 1. The monoisotopic (exact) mass is 385 g/mol. The van der Waals surface area contributed by atoms with Crippen LogP contribution in [0.25, 0.3) is 11.1 Å². The molecule has 0 radical (unpaired) electrons. The maximum absolute atomic E-state index is 12.1. The van der Waals surface area contributed by atoms with Gasteiger partial charge in [-0.15, -0.1) is 23.7 Å². The Labute approximate surface area is 156 Å². The van der Waals surface area contributed by atoms with Gasteiger partial charge in [0.2, 0.25) is 0 Å². The fraction of sp³-hybridized carbons (Fsp3) is 0.294. The average molecular weight is 386 g/mol. The van der Waals surface area contributed by atoms with E-state index >= 15 is 0 Å². The van der Waals surface area contributed by atoms with Crippen molar-refractivity contribution in [1.29, 1.82) is 0 Å². The molecule has 2 rings (SSSR count). The Morgan fingerprint density at radius 2 is 1.72 bits per heavy atom. The van der Waals surface area contributed by atoms with E-state index in [1.54, 1.807) is 38.1 Å². The number of carbonyl (C=O) groups is 2. The standard InChI is InChI=1S/C17H19NO5S.ClH/c1-3-21-14(19)9-23-12-7-5-11(6-8-12)13-10-24-16(18)15(13)17(20)22-4-2;/h5-8,10H,3-4,9,18H2,1-2H3;1H. The summed E-state index contributed by atoms with van der Waals surface area (Å²) in [6.45, 7) is 3.94. The molecule has 0 saturated heterocycles. The molecule has 1 aromatic heterocycles. The van der Waals surface area contributed by atoms with Gasteiger partial charge in [-0.05, 0) is 31.5 Å². The highest BCUT2D eigenvalue weighted by Crippen LogP contribution is 2.34. The summed E-state index contributed by atoms with van der Waals surface area (Å²) in [5.41, 5.74) is 7.80. The quantitative estimate of drug-likeness (QED) is 0.733. The first kappa shape index (κ1) is 20.8. The number of hydrogen-bond donors (Lipinski definition) is 1. The van der Waals surface area contributed by atoms with Crippen molar-refractivity contribution >= 4 is 40.7 Å². The van der Waals surface area contributed by atoms with Gasteiger partial charge in [0.05, 0.1) is 13.2 Å². The topological polar surface area (TPSA) is 87.9 Å². The SMILES string of the molecule is CCOC(=O)COc1ccc(-c2csc(N)c2C(=O)OCC)cc1.Cl. The van der Waals surface area contributed by atoms with Crippen LogP contribution in [0.2, 0.25) is 0 Å². The third kappa shape index (κ3) is 5.37. The van der Waals surface area contributed by atoms with E-state index in [1.165, 1.54) is 11.3 Å². The number of hydrogen-bond acceptors (Lipinski definition) is 7. The Balaban J connectivity index is 0.00000312. The lowest BCUT2D eigenvalue weighted by molar-refractivity contribution is -0.145. The molecule has 1 heterocycles. The van der Waals surface area contributed by atoms with Crippen LogP contribution in [0.15, 0.2) is 29.6 Å². The molecule has 0 bridgehead atoms. The average Bonchev–Trinajstić information content (AvgIpc) is 2.95.